The van der Waals surface area contributed by atoms with Gasteiger partial charge in [-0.3, -0.25) is 0 Å². The van der Waals surface area contributed by atoms with E-state index in [-0.39, 0.29) is 17.4 Å². The van der Waals surface area contributed by atoms with Gasteiger partial charge in [0, 0.05) is 12.5 Å². The first kappa shape index (κ1) is 14.1. The van der Waals surface area contributed by atoms with Crippen LogP contribution in [0.25, 0.3) is 0 Å². The Morgan fingerprint density at radius 1 is 1.20 bits per heavy atom. The van der Waals surface area contributed by atoms with Gasteiger partial charge in [-0.2, -0.15) is 18.2 Å². The number of hydrogen-bond acceptors (Lipinski definition) is 4. The van der Waals surface area contributed by atoms with E-state index in [4.69, 9.17) is 10.5 Å². The highest BCUT2D eigenvalue weighted by Gasteiger charge is 2.34. The molecule has 0 fully saturated rings. The van der Waals surface area contributed by atoms with Crippen molar-refractivity contribution >= 4 is 5.82 Å². The van der Waals surface area contributed by atoms with E-state index < -0.39 is 11.7 Å². The number of aromatic nitrogens is 2. The molecule has 0 saturated carbocycles. The summed E-state index contributed by atoms with van der Waals surface area (Å²) in [5, 5.41) is 0. The lowest BCUT2D eigenvalue weighted by Gasteiger charge is -2.13. The molecule has 0 radical (unpaired) electrons. The van der Waals surface area contributed by atoms with Crippen LogP contribution in [-0.2, 0) is 12.6 Å². The number of nitrogen functional groups attached to an aromatic ring is 1. The number of hydrogen-bond donors (Lipinski definition) is 1. The Kier molecular flexibility index (Phi) is 3.78. The summed E-state index contributed by atoms with van der Waals surface area (Å²) in [5.41, 5.74) is 4.69. The summed E-state index contributed by atoms with van der Waals surface area (Å²) in [4.78, 5) is 7.92. The van der Waals surface area contributed by atoms with Crippen LogP contribution >= 0.6 is 0 Å². The number of para-hydroxylation sites is 1. The fourth-order valence-corrected chi connectivity index (χ4v) is 1.61. The lowest BCUT2D eigenvalue weighted by atomic mass is 10.2. The molecular weight excluding hydrogens is 271 g/mol. The molecule has 20 heavy (non-hydrogen) atoms. The Bertz CT molecular complexity index is 614. The molecule has 106 valence electrons. The number of alkyl halides is 3. The Hall–Kier alpha value is -2.31. The minimum absolute atomic E-state index is 0.00829. The number of aryl methyl sites for hydroxylation is 1. The monoisotopic (exact) mass is 283 g/mol. The van der Waals surface area contributed by atoms with Crippen LogP contribution in [0.5, 0.6) is 11.6 Å². The third-order valence-corrected chi connectivity index (χ3v) is 2.49. The van der Waals surface area contributed by atoms with Crippen LogP contribution in [-0.4, -0.2) is 9.97 Å². The van der Waals surface area contributed by atoms with Crippen LogP contribution in [0, 0.1) is 0 Å². The Morgan fingerprint density at radius 2 is 1.90 bits per heavy atom. The number of nitrogens with two attached hydrogens (primary N) is 1. The molecule has 0 spiro atoms. The minimum Gasteiger partial charge on any atom is -0.438 e. The lowest BCUT2D eigenvalue weighted by molar-refractivity contribution is -0.138. The van der Waals surface area contributed by atoms with Crippen molar-refractivity contribution in [2.75, 3.05) is 5.73 Å². The van der Waals surface area contributed by atoms with Crippen LogP contribution in [0.3, 0.4) is 0 Å². The first-order valence-corrected chi connectivity index (χ1v) is 5.87. The lowest BCUT2D eigenvalue weighted by Crippen LogP contribution is -2.07. The summed E-state index contributed by atoms with van der Waals surface area (Å²) in [6.07, 6.45) is -3.99. The minimum atomic E-state index is -4.50. The van der Waals surface area contributed by atoms with Gasteiger partial charge in [0.1, 0.15) is 17.4 Å². The van der Waals surface area contributed by atoms with Crippen molar-refractivity contribution in [3.63, 3.8) is 0 Å². The number of halogens is 3. The van der Waals surface area contributed by atoms with E-state index in [1.807, 2.05) is 6.92 Å². The number of nitrogens with zero attached hydrogens (tertiary/aromatic N) is 2. The summed E-state index contributed by atoms with van der Waals surface area (Å²) >= 11 is 0. The molecule has 1 heterocycles. The van der Waals surface area contributed by atoms with Gasteiger partial charge in [0.2, 0.25) is 5.88 Å². The fraction of sp³-hybridized carbons (Fsp3) is 0.231. The zero-order valence-electron chi connectivity index (χ0n) is 10.6. The molecule has 0 bridgehead atoms. The van der Waals surface area contributed by atoms with Crippen LogP contribution in [0.2, 0.25) is 0 Å². The van der Waals surface area contributed by atoms with Crippen LogP contribution < -0.4 is 10.5 Å². The van der Waals surface area contributed by atoms with Gasteiger partial charge >= 0.3 is 6.18 Å². The standard InChI is InChI=1S/C13H12F3N3O/c1-2-11-18-10(17)7-12(19-11)20-9-6-4-3-5-8(9)13(14,15)16/h3-7H,2H2,1H3,(H2,17,18,19). The Morgan fingerprint density at radius 3 is 2.55 bits per heavy atom. The maximum absolute atomic E-state index is 12.8. The van der Waals surface area contributed by atoms with E-state index in [0.717, 1.165) is 6.07 Å². The van der Waals surface area contributed by atoms with Crippen LogP contribution in [0.15, 0.2) is 30.3 Å². The first-order valence-electron chi connectivity index (χ1n) is 5.87. The van der Waals surface area contributed by atoms with Crippen molar-refractivity contribution in [3.8, 4) is 11.6 Å². The summed E-state index contributed by atoms with van der Waals surface area (Å²) < 4.78 is 43.7. The largest absolute Gasteiger partial charge is 0.438 e. The van der Waals surface area contributed by atoms with Crippen molar-refractivity contribution in [3.05, 3.63) is 41.7 Å². The van der Waals surface area contributed by atoms with Gasteiger partial charge in [-0.25, -0.2) is 4.98 Å². The van der Waals surface area contributed by atoms with E-state index in [1.54, 1.807) is 0 Å². The molecule has 0 saturated heterocycles. The molecule has 1 aromatic carbocycles. The smallest absolute Gasteiger partial charge is 0.419 e. The maximum Gasteiger partial charge on any atom is 0.419 e. The summed E-state index contributed by atoms with van der Waals surface area (Å²) in [6.45, 7) is 1.81. The van der Waals surface area contributed by atoms with Gasteiger partial charge in [-0.15, -0.1) is 0 Å². The van der Waals surface area contributed by atoms with Crippen molar-refractivity contribution < 1.29 is 17.9 Å². The van der Waals surface area contributed by atoms with Crippen LogP contribution in [0.4, 0.5) is 19.0 Å². The van der Waals surface area contributed by atoms with Gasteiger partial charge in [0.05, 0.1) is 5.56 Å². The summed E-state index contributed by atoms with van der Waals surface area (Å²) in [5.74, 6) is 0.229. The molecular formula is C13H12F3N3O. The zero-order valence-corrected chi connectivity index (χ0v) is 10.6. The number of anilines is 1. The number of benzene rings is 1. The molecule has 1 aromatic heterocycles. The molecule has 2 rings (SSSR count). The average molecular weight is 283 g/mol. The quantitative estimate of drug-likeness (QED) is 0.937. The Balaban J connectivity index is 2.38. The van der Waals surface area contributed by atoms with Crippen molar-refractivity contribution in [2.45, 2.75) is 19.5 Å². The van der Waals surface area contributed by atoms with E-state index in [9.17, 15) is 13.2 Å². The molecule has 0 unspecified atom stereocenters. The number of ether oxygens (including phenoxy) is 1. The molecule has 0 atom stereocenters. The highest BCUT2D eigenvalue weighted by atomic mass is 19.4. The normalized spacial score (nSPS) is 11.4. The van der Waals surface area contributed by atoms with Gasteiger partial charge in [-0.05, 0) is 12.1 Å². The third kappa shape index (κ3) is 3.17. The van der Waals surface area contributed by atoms with E-state index in [2.05, 4.69) is 9.97 Å². The van der Waals surface area contributed by atoms with Crippen molar-refractivity contribution in [1.29, 1.82) is 0 Å². The SMILES string of the molecule is CCc1nc(N)cc(Oc2ccccc2C(F)(F)F)n1. The molecule has 0 amide bonds. The second kappa shape index (κ2) is 5.36. The van der Waals surface area contributed by atoms with Gasteiger partial charge in [-0.1, -0.05) is 19.1 Å². The second-order valence-corrected chi connectivity index (χ2v) is 4.00. The highest BCUT2D eigenvalue weighted by Crippen LogP contribution is 2.37. The maximum atomic E-state index is 12.8. The average Bonchev–Trinajstić information content (AvgIpc) is 2.37. The first-order chi connectivity index (χ1) is 9.40. The number of rotatable bonds is 3. The molecule has 0 aliphatic rings. The third-order valence-electron chi connectivity index (χ3n) is 2.49. The molecule has 0 aliphatic heterocycles. The summed E-state index contributed by atoms with van der Waals surface area (Å²) in [7, 11) is 0. The Labute approximate surface area is 113 Å². The van der Waals surface area contributed by atoms with Crippen molar-refractivity contribution in [2.24, 2.45) is 0 Å². The van der Waals surface area contributed by atoms with E-state index in [1.165, 1.54) is 24.3 Å². The van der Waals surface area contributed by atoms with Gasteiger partial charge in [0.25, 0.3) is 0 Å². The van der Waals surface area contributed by atoms with Gasteiger partial charge < -0.3 is 10.5 Å². The molecule has 2 aromatic rings. The predicted octanol–water partition coefficient (Wildman–Crippen LogP) is 3.43. The molecule has 2 N–H and O–H groups in total. The van der Waals surface area contributed by atoms with E-state index >= 15 is 0 Å². The molecule has 7 heteroatoms. The van der Waals surface area contributed by atoms with Gasteiger partial charge in [0.15, 0.2) is 0 Å². The zero-order chi connectivity index (χ0) is 14.8. The highest BCUT2D eigenvalue weighted by molar-refractivity contribution is 5.40. The molecule has 4 nitrogen and oxygen atoms in total. The predicted molar refractivity (Wildman–Crippen MR) is 67.3 cm³/mol. The van der Waals surface area contributed by atoms with Crippen molar-refractivity contribution in [1.82, 2.24) is 9.97 Å². The topological polar surface area (TPSA) is 61.0 Å². The second-order valence-electron chi connectivity index (χ2n) is 4.00. The fourth-order valence-electron chi connectivity index (χ4n) is 1.61. The molecule has 0 aliphatic carbocycles. The summed E-state index contributed by atoms with van der Waals surface area (Å²) in [6, 6.07) is 6.21. The van der Waals surface area contributed by atoms with E-state index in [0.29, 0.717) is 12.2 Å². The van der Waals surface area contributed by atoms with Crippen LogP contribution in [0.1, 0.15) is 18.3 Å².